The summed E-state index contributed by atoms with van der Waals surface area (Å²) in [5.41, 5.74) is 0.813. The molecule has 1 aromatic carbocycles. The molecule has 1 fully saturated rings. The molecule has 0 aromatic heterocycles. The van der Waals surface area contributed by atoms with Crippen molar-refractivity contribution in [1.82, 2.24) is 5.32 Å². The van der Waals surface area contributed by atoms with Gasteiger partial charge in [-0.15, -0.1) is 0 Å². The van der Waals surface area contributed by atoms with Crippen molar-refractivity contribution >= 4 is 5.91 Å². The minimum absolute atomic E-state index is 0.0576. The zero-order valence-corrected chi connectivity index (χ0v) is 14.6. The van der Waals surface area contributed by atoms with Crippen molar-refractivity contribution in [1.29, 1.82) is 0 Å². The standard InChI is InChI=1S/C18H27NO5/c1-22-15-10-17(24-3)16(23-2)8-13(15)11-19-18(21)9-12-6-4-5-7-14(12)20/h8,10,12,14,20H,4-7,9,11H2,1-3H3,(H,19,21)/t12-,14+/m1/s1. The first-order valence-electron chi connectivity index (χ1n) is 8.32. The summed E-state index contributed by atoms with van der Waals surface area (Å²) in [4.78, 5) is 12.2. The number of aliphatic hydroxyl groups is 1. The van der Waals surface area contributed by atoms with Crippen molar-refractivity contribution in [2.24, 2.45) is 5.92 Å². The zero-order chi connectivity index (χ0) is 17.5. The Kier molecular flexibility index (Phi) is 6.73. The quantitative estimate of drug-likeness (QED) is 0.798. The normalized spacial score (nSPS) is 20.3. The lowest BCUT2D eigenvalue weighted by molar-refractivity contribution is -0.123. The van der Waals surface area contributed by atoms with E-state index in [1.165, 1.54) is 0 Å². The van der Waals surface area contributed by atoms with E-state index in [1.54, 1.807) is 33.5 Å². The second kappa shape index (κ2) is 8.78. The van der Waals surface area contributed by atoms with Gasteiger partial charge in [-0.05, 0) is 24.8 Å². The highest BCUT2D eigenvalue weighted by Crippen LogP contribution is 2.34. The Labute approximate surface area is 143 Å². The Morgan fingerprint density at radius 2 is 1.71 bits per heavy atom. The monoisotopic (exact) mass is 337 g/mol. The summed E-state index contributed by atoms with van der Waals surface area (Å²) < 4.78 is 15.9. The molecule has 24 heavy (non-hydrogen) atoms. The molecule has 0 saturated heterocycles. The summed E-state index contributed by atoms with van der Waals surface area (Å²) in [6.07, 6.45) is 3.83. The van der Waals surface area contributed by atoms with Crippen LogP contribution >= 0.6 is 0 Å². The van der Waals surface area contributed by atoms with E-state index in [2.05, 4.69) is 5.32 Å². The largest absolute Gasteiger partial charge is 0.496 e. The third-order valence-corrected chi connectivity index (χ3v) is 4.58. The summed E-state index contributed by atoms with van der Waals surface area (Å²) in [7, 11) is 4.70. The topological polar surface area (TPSA) is 77.0 Å². The van der Waals surface area contributed by atoms with Crippen LogP contribution in [0.15, 0.2) is 12.1 Å². The maximum absolute atomic E-state index is 12.2. The van der Waals surface area contributed by atoms with E-state index in [4.69, 9.17) is 14.2 Å². The number of methoxy groups -OCH3 is 3. The van der Waals surface area contributed by atoms with Crippen LogP contribution in [-0.4, -0.2) is 38.4 Å². The predicted octanol–water partition coefficient (Wildman–Crippen LogP) is 2.27. The molecule has 1 aliphatic carbocycles. The Morgan fingerprint density at radius 3 is 2.33 bits per heavy atom. The number of carbonyl (C=O) groups is 1. The number of hydrogen-bond donors (Lipinski definition) is 2. The van der Waals surface area contributed by atoms with E-state index < -0.39 is 0 Å². The van der Waals surface area contributed by atoms with Crippen LogP contribution in [0, 0.1) is 5.92 Å². The molecule has 1 amide bonds. The minimum atomic E-state index is -0.361. The first kappa shape index (κ1) is 18.4. The van der Waals surface area contributed by atoms with Gasteiger partial charge < -0.3 is 24.6 Å². The van der Waals surface area contributed by atoms with E-state index in [9.17, 15) is 9.90 Å². The van der Waals surface area contributed by atoms with Gasteiger partial charge in [0.1, 0.15) is 5.75 Å². The fourth-order valence-corrected chi connectivity index (χ4v) is 3.16. The van der Waals surface area contributed by atoms with Crippen LogP contribution in [-0.2, 0) is 11.3 Å². The van der Waals surface area contributed by atoms with E-state index in [0.717, 1.165) is 31.2 Å². The lowest BCUT2D eigenvalue weighted by Crippen LogP contribution is -2.31. The lowest BCUT2D eigenvalue weighted by Gasteiger charge is -2.27. The number of amides is 1. The van der Waals surface area contributed by atoms with E-state index in [-0.39, 0.29) is 17.9 Å². The maximum Gasteiger partial charge on any atom is 0.220 e. The number of nitrogens with one attached hydrogen (secondary N) is 1. The van der Waals surface area contributed by atoms with Crippen molar-refractivity contribution in [2.75, 3.05) is 21.3 Å². The van der Waals surface area contributed by atoms with Crippen molar-refractivity contribution in [2.45, 2.75) is 44.8 Å². The average molecular weight is 337 g/mol. The Balaban J connectivity index is 1.98. The predicted molar refractivity (Wildman–Crippen MR) is 90.5 cm³/mol. The molecule has 1 saturated carbocycles. The van der Waals surface area contributed by atoms with Gasteiger partial charge in [0.2, 0.25) is 5.91 Å². The minimum Gasteiger partial charge on any atom is -0.496 e. The average Bonchev–Trinajstić information content (AvgIpc) is 2.61. The van der Waals surface area contributed by atoms with E-state index in [1.807, 2.05) is 0 Å². The Bertz CT molecular complexity index is 561. The van der Waals surface area contributed by atoms with Crippen molar-refractivity contribution in [3.63, 3.8) is 0 Å². The van der Waals surface area contributed by atoms with Crippen LogP contribution in [0.3, 0.4) is 0 Å². The smallest absolute Gasteiger partial charge is 0.220 e. The zero-order valence-electron chi connectivity index (χ0n) is 14.6. The molecule has 2 N–H and O–H groups in total. The van der Waals surface area contributed by atoms with Gasteiger partial charge in [0.15, 0.2) is 11.5 Å². The van der Waals surface area contributed by atoms with Crippen molar-refractivity contribution in [3.05, 3.63) is 17.7 Å². The molecule has 134 valence electrons. The molecule has 2 atom stereocenters. The van der Waals surface area contributed by atoms with E-state index in [0.29, 0.717) is 30.2 Å². The number of benzene rings is 1. The van der Waals surface area contributed by atoms with Crippen LogP contribution in [0.4, 0.5) is 0 Å². The summed E-state index contributed by atoms with van der Waals surface area (Å²) in [5, 5.41) is 12.9. The molecule has 6 nitrogen and oxygen atoms in total. The molecular weight excluding hydrogens is 310 g/mol. The highest BCUT2D eigenvalue weighted by atomic mass is 16.5. The van der Waals surface area contributed by atoms with Gasteiger partial charge in [-0.1, -0.05) is 12.8 Å². The van der Waals surface area contributed by atoms with Gasteiger partial charge in [0.25, 0.3) is 0 Å². The highest BCUT2D eigenvalue weighted by Gasteiger charge is 2.25. The second-order valence-corrected chi connectivity index (χ2v) is 6.11. The molecule has 0 unspecified atom stereocenters. The maximum atomic E-state index is 12.2. The molecule has 0 heterocycles. The SMILES string of the molecule is COc1cc(OC)c(OC)cc1CNC(=O)C[C@H]1CCCC[C@@H]1O. The molecule has 0 aliphatic heterocycles. The first-order chi connectivity index (χ1) is 11.6. The Hall–Kier alpha value is -1.95. The summed E-state index contributed by atoms with van der Waals surface area (Å²) in [5.74, 6) is 1.80. The molecular formula is C18H27NO5. The van der Waals surface area contributed by atoms with Crippen LogP contribution in [0.2, 0.25) is 0 Å². The fraction of sp³-hybridized carbons (Fsp3) is 0.611. The summed E-state index contributed by atoms with van der Waals surface area (Å²) >= 11 is 0. The van der Waals surface area contributed by atoms with Crippen LogP contribution in [0.25, 0.3) is 0 Å². The molecule has 0 radical (unpaired) electrons. The molecule has 6 heteroatoms. The fourth-order valence-electron chi connectivity index (χ4n) is 3.16. The van der Waals surface area contributed by atoms with Gasteiger partial charge in [0, 0.05) is 24.6 Å². The van der Waals surface area contributed by atoms with E-state index >= 15 is 0 Å². The molecule has 0 bridgehead atoms. The third kappa shape index (κ3) is 4.54. The third-order valence-electron chi connectivity index (χ3n) is 4.58. The number of hydrogen-bond acceptors (Lipinski definition) is 5. The van der Waals surface area contributed by atoms with Gasteiger partial charge in [-0.25, -0.2) is 0 Å². The van der Waals surface area contributed by atoms with Crippen LogP contribution < -0.4 is 19.5 Å². The highest BCUT2D eigenvalue weighted by molar-refractivity contribution is 5.76. The van der Waals surface area contributed by atoms with Gasteiger partial charge in [0.05, 0.1) is 27.4 Å². The van der Waals surface area contributed by atoms with Gasteiger partial charge >= 0.3 is 0 Å². The summed E-state index contributed by atoms with van der Waals surface area (Å²) in [6.45, 7) is 0.338. The van der Waals surface area contributed by atoms with Crippen LogP contribution in [0.5, 0.6) is 17.2 Å². The van der Waals surface area contributed by atoms with Gasteiger partial charge in [-0.3, -0.25) is 4.79 Å². The van der Waals surface area contributed by atoms with Crippen molar-refractivity contribution < 1.29 is 24.1 Å². The lowest BCUT2D eigenvalue weighted by atomic mass is 9.84. The van der Waals surface area contributed by atoms with Crippen LogP contribution in [0.1, 0.15) is 37.7 Å². The first-order valence-corrected chi connectivity index (χ1v) is 8.32. The van der Waals surface area contributed by atoms with Crippen molar-refractivity contribution in [3.8, 4) is 17.2 Å². The molecule has 1 aromatic rings. The second-order valence-electron chi connectivity index (χ2n) is 6.11. The molecule has 2 rings (SSSR count). The number of carbonyl (C=O) groups excluding carboxylic acids is 1. The molecule has 1 aliphatic rings. The Morgan fingerprint density at radius 1 is 1.08 bits per heavy atom. The van der Waals surface area contributed by atoms with Gasteiger partial charge in [-0.2, -0.15) is 0 Å². The molecule has 0 spiro atoms. The number of ether oxygens (including phenoxy) is 3. The number of aliphatic hydroxyl groups excluding tert-OH is 1. The number of rotatable bonds is 7. The summed E-state index contributed by atoms with van der Waals surface area (Å²) in [6, 6.07) is 3.54.